The topological polar surface area (TPSA) is 9.23 Å². The number of benzene rings is 1. The van der Waals surface area contributed by atoms with Crippen LogP contribution in [0, 0.1) is 13.8 Å². The van der Waals surface area contributed by atoms with Crippen molar-refractivity contribution < 1.29 is 4.74 Å². The van der Waals surface area contributed by atoms with Crippen molar-refractivity contribution in [2.75, 3.05) is 7.11 Å². The van der Waals surface area contributed by atoms with Crippen molar-refractivity contribution in [1.29, 1.82) is 0 Å². The number of allylic oxidation sites excluding steroid dienone is 3. The molecule has 18 heavy (non-hydrogen) atoms. The van der Waals surface area contributed by atoms with Crippen molar-refractivity contribution >= 4 is 6.08 Å². The van der Waals surface area contributed by atoms with Crippen LogP contribution in [0.3, 0.4) is 0 Å². The molecule has 0 radical (unpaired) electrons. The Labute approximate surface area is 112 Å². The van der Waals surface area contributed by atoms with Gasteiger partial charge in [0.2, 0.25) is 0 Å². The van der Waals surface area contributed by atoms with E-state index in [1.165, 1.54) is 22.3 Å². The van der Waals surface area contributed by atoms with Gasteiger partial charge in [-0.3, -0.25) is 0 Å². The van der Waals surface area contributed by atoms with Crippen molar-refractivity contribution in [3.05, 3.63) is 46.5 Å². The van der Waals surface area contributed by atoms with Crippen LogP contribution < -0.4 is 4.74 Å². The second kappa shape index (κ2) is 8.57. The van der Waals surface area contributed by atoms with Crippen molar-refractivity contribution in [3.8, 4) is 5.75 Å². The summed E-state index contributed by atoms with van der Waals surface area (Å²) in [6, 6.07) is 4.11. The highest BCUT2D eigenvalue weighted by atomic mass is 16.5. The van der Waals surface area contributed by atoms with Crippen LogP contribution in [0.2, 0.25) is 0 Å². The fourth-order valence-corrected chi connectivity index (χ4v) is 1.56. The molecule has 0 aliphatic rings. The second-order valence-electron chi connectivity index (χ2n) is 4.21. The molecule has 0 aliphatic heterocycles. The molecule has 1 aromatic carbocycles. The van der Waals surface area contributed by atoms with E-state index in [4.69, 9.17) is 4.74 Å². The summed E-state index contributed by atoms with van der Waals surface area (Å²) >= 11 is 0. The molecule has 1 heteroatoms. The van der Waals surface area contributed by atoms with Crippen LogP contribution in [0.25, 0.3) is 6.08 Å². The molecule has 0 unspecified atom stereocenters. The SMILES string of the molecule is CC.COc1ccc(/C=C\C=C(C)C)c(C)c1C. The summed E-state index contributed by atoms with van der Waals surface area (Å²) in [6.07, 6.45) is 6.33. The van der Waals surface area contributed by atoms with Crippen LogP contribution in [0.15, 0.2) is 29.9 Å². The molecular weight excluding hydrogens is 220 g/mol. The highest BCUT2D eigenvalue weighted by Gasteiger charge is 2.03. The maximum absolute atomic E-state index is 5.29. The Bertz CT molecular complexity index is 421. The van der Waals surface area contributed by atoms with Crippen LogP contribution in [0.4, 0.5) is 0 Å². The van der Waals surface area contributed by atoms with Crippen LogP contribution in [0.5, 0.6) is 5.75 Å². The molecule has 0 amide bonds. The smallest absolute Gasteiger partial charge is 0.122 e. The molecule has 1 aromatic rings. The first-order valence-electron chi connectivity index (χ1n) is 6.52. The van der Waals surface area contributed by atoms with E-state index in [0.717, 1.165) is 5.75 Å². The average Bonchev–Trinajstić information content (AvgIpc) is 2.37. The third-order valence-corrected chi connectivity index (χ3v) is 2.70. The molecular formula is C17H26O. The summed E-state index contributed by atoms with van der Waals surface area (Å²) < 4.78 is 5.29. The van der Waals surface area contributed by atoms with E-state index in [1.807, 2.05) is 19.9 Å². The van der Waals surface area contributed by atoms with Crippen LogP contribution in [-0.4, -0.2) is 7.11 Å². The van der Waals surface area contributed by atoms with Crippen LogP contribution >= 0.6 is 0 Å². The fraction of sp³-hybridized carbons (Fsp3) is 0.412. The third-order valence-electron chi connectivity index (χ3n) is 2.70. The second-order valence-corrected chi connectivity index (χ2v) is 4.21. The van der Waals surface area contributed by atoms with Gasteiger partial charge in [-0.05, 0) is 50.5 Å². The lowest BCUT2D eigenvalue weighted by molar-refractivity contribution is 0.411. The summed E-state index contributed by atoms with van der Waals surface area (Å²) in [7, 11) is 1.71. The largest absolute Gasteiger partial charge is 0.496 e. The fourth-order valence-electron chi connectivity index (χ4n) is 1.56. The number of ether oxygens (including phenoxy) is 1. The van der Waals surface area contributed by atoms with Gasteiger partial charge < -0.3 is 4.74 Å². The number of methoxy groups -OCH3 is 1. The van der Waals surface area contributed by atoms with Crippen LogP contribution in [0.1, 0.15) is 44.4 Å². The van der Waals surface area contributed by atoms with E-state index in [2.05, 4.69) is 52.0 Å². The number of rotatable bonds is 3. The summed E-state index contributed by atoms with van der Waals surface area (Å²) in [6.45, 7) is 12.4. The average molecular weight is 246 g/mol. The molecule has 0 spiro atoms. The Morgan fingerprint density at radius 1 is 1.06 bits per heavy atom. The van der Waals surface area contributed by atoms with Gasteiger partial charge in [0.05, 0.1) is 7.11 Å². The van der Waals surface area contributed by atoms with E-state index >= 15 is 0 Å². The van der Waals surface area contributed by atoms with Gasteiger partial charge in [-0.1, -0.05) is 43.7 Å². The lowest BCUT2D eigenvalue weighted by Crippen LogP contribution is -1.92. The minimum atomic E-state index is 0.955. The quantitative estimate of drug-likeness (QED) is 0.656. The summed E-state index contributed by atoms with van der Waals surface area (Å²) in [4.78, 5) is 0. The molecule has 1 rings (SSSR count). The predicted octanol–water partition coefficient (Wildman–Crippen LogP) is 5.32. The first-order chi connectivity index (χ1) is 8.56. The standard InChI is InChI=1S/C15H20O.C2H6/c1-11(2)7-6-8-14-9-10-15(16-5)13(4)12(14)3;1-2/h6-10H,1-5H3;1-2H3/b8-6-;. The Hall–Kier alpha value is -1.50. The van der Waals surface area contributed by atoms with E-state index in [1.54, 1.807) is 7.11 Å². The molecule has 1 nitrogen and oxygen atoms in total. The molecule has 0 atom stereocenters. The Morgan fingerprint density at radius 2 is 1.67 bits per heavy atom. The molecule has 100 valence electrons. The molecule has 0 bridgehead atoms. The van der Waals surface area contributed by atoms with E-state index in [-0.39, 0.29) is 0 Å². The highest BCUT2D eigenvalue weighted by molar-refractivity contribution is 5.59. The zero-order valence-electron chi connectivity index (χ0n) is 12.8. The van der Waals surface area contributed by atoms with Crippen molar-refractivity contribution in [3.63, 3.8) is 0 Å². The maximum atomic E-state index is 5.29. The minimum absolute atomic E-state index is 0.955. The van der Waals surface area contributed by atoms with Gasteiger partial charge in [0.15, 0.2) is 0 Å². The van der Waals surface area contributed by atoms with Gasteiger partial charge in [0.1, 0.15) is 5.75 Å². The normalized spacial score (nSPS) is 9.72. The third kappa shape index (κ3) is 4.79. The lowest BCUT2D eigenvalue weighted by atomic mass is 10.0. The first-order valence-corrected chi connectivity index (χ1v) is 6.52. The van der Waals surface area contributed by atoms with E-state index in [0.29, 0.717) is 0 Å². The molecule has 0 N–H and O–H groups in total. The van der Waals surface area contributed by atoms with Crippen molar-refractivity contribution in [2.45, 2.75) is 41.5 Å². The maximum Gasteiger partial charge on any atom is 0.122 e. The first kappa shape index (κ1) is 16.5. The molecule has 0 aromatic heterocycles. The molecule has 0 heterocycles. The number of hydrogen-bond donors (Lipinski definition) is 0. The summed E-state index contributed by atoms with van der Waals surface area (Å²) in [5.41, 5.74) is 5.04. The predicted molar refractivity (Wildman–Crippen MR) is 82.3 cm³/mol. The zero-order chi connectivity index (χ0) is 14.1. The van der Waals surface area contributed by atoms with Gasteiger partial charge in [0.25, 0.3) is 0 Å². The Kier molecular flexibility index (Phi) is 7.86. The van der Waals surface area contributed by atoms with Crippen molar-refractivity contribution in [1.82, 2.24) is 0 Å². The Morgan fingerprint density at radius 3 is 2.17 bits per heavy atom. The molecule has 0 aliphatic carbocycles. The van der Waals surface area contributed by atoms with Gasteiger partial charge >= 0.3 is 0 Å². The molecule has 0 saturated heterocycles. The van der Waals surface area contributed by atoms with Crippen molar-refractivity contribution in [2.24, 2.45) is 0 Å². The highest BCUT2D eigenvalue weighted by Crippen LogP contribution is 2.24. The summed E-state index contributed by atoms with van der Waals surface area (Å²) in [5.74, 6) is 0.955. The van der Waals surface area contributed by atoms with E-state index < -0.39 is 0 Å². The number of hydrogen-bond acceptors (Lipinski definition) is 1. The van der Waals surface area contributed by atoms with E-state index in [9.17, 15) is 0 Å². The zero-order valence-corrected chi connectivity index (χ0v) is 12.8. The van der Waals surface area contributed by atoms with Gasteiger partial charge in [0, 0.05) is 0 Å². The molecule has 0 saturated carbocycles. The molecule has 0 fully saturated rings. The van der Waals surface area contributed by atoms with Gasteiger partial charge in [-0.15, -0.1) is 0 Å². The Balaban J connectivity index is 0.00000137. The van der Waals surface area contributed by atoms with Crippen LogP contribution in [-0.2, 0) is 0 Å². The van der Waals surface area contributed by atoms with Gasteiger partial charge in [-0.2, -0.15) is 0 Å². The monoisotopic (exact) mass is 246 g/mol. The lowest BCUT2D eigenvalue weighted by Gasteiger charge is -2.09. The van der Waals surface area contributed by atoms with Gasteiger partial charge in [-0.25, -0.2) is 0 Å². The minimum Gasteiger partial charge on any atom is -0.496 e. The summed E-state index contributed by atoms with van der Waals surface area (Å²) in [5, 5.41) is 0.